The number of rotatable bonds is 4. The van der Waals surface area contributed by atoms with Crippen molar-refractivity contribution in [1.82, 2.24) is 0 Å². The van der Waals surface area contributed by atoms with Gasteiger partial charge in [-0.2, -0.15) is 0 Å². The Bertz CT molecular complexity index is 485. The number of nitro benzene ring substituents is 1. The summed E-state index contributed by atoms with van der Waals surface area (Å²) in [6.45, 7) is 3.33. The topological polar surface area (TPSA) is 72.6 Å². The molecule has 98 valence electrons. The van der Waals surface area contributed by atoms with Crippen molar-refractivity contribution in [2.45, 2.75) is 12.8 Å². The molecule has 8 heteroatoms. The molecule has 5 nitrogen and oxygen atoms in total. The molecule has 0 radical (unpaired) electrons. The molecule has 0 atom stereocenters. The van der Waals surface area contributed by atoms with Crippen molar-refractivity contribution in [3.05, 3.63) is 40.5 Å². The third-order valence-corrected chi connectivity index (χ3v) is 1.94. The van der Waals surface area contributed by atoms with E-state index in [2.05, 4.69) is 11.3 Å². The van der Waals surface area contributed by atoms with Crippen LogP contribution in [-0.2, 0) is 6.42 Å². The van der Waals surface area contributed by atoms with Gasteiger partial charge >= 0.3 is 6.36 Å². The third kappa shape index (κ3) is 3.37. The first-order chi connectivity index (χ1) is 8.24. The lowest BCUT2D eigenvalue weighted by molar-refractivity contribution is -0.385. The number of nitro groups is 1. The van der Waals surface area contributed by atoms with Crippen molar-refractivity contribution < 1.29 is 27.9 Å². The van der Waals surface area contributed by atoms with Crippen molar-refractivity contribution >= 4 is 5.69 Å². The minimum Gasteiger partial charge on any atom is -0.504 e. The van der Waals surface area contributed by atoms with E-state index in [0.717, 1.165) is 6.07 Å². The fraction of sp³-hybridized carbons (Fsp3) is 0.200. The highest BCUT2D eigenvalue weighted by Gasteiger charge is 2.33. The zero-order valence-corrected chi connectivity index (χ0v) is 8.90. The summed E-state index contributed by atoms with van der Waals surface area (Å²) in [6, 6.07) is 1.47. The van der Waals surface area contributed by atoms with Crippen LogP contribution >= 0.6 is 0 Å². The molecular weight excluding hydrogens is 255 g/mol. The average Bonchev–Trinajstić information content (AvgIpc) is 2.21. The third-order valence-electron chi connectivity index (χ3n) is 1.94. The second-order valence-corrected chi connectivity index (χ2v) is 3.25. The second kappa shape index (κ2) is 4.94. The van der Waals surface area contributed by atoms with Crippen molar-refractivity contribution in [1.29, 1.82) is 0 Å². The standard InChI is InChI=1S/C10H8F3NO4/c1-2-3-6-4-7(14(16)17)5-8(9(6)15)18-10(11,12)13/h2,4-5,15H,1,3H2. The highest BCUT2D eigenvalue weighted by atomic mass is 19.4. The molecule has 1 aromatic carbocycles. The molecule has 0 amide bonds. The number of non-ortho nitro benzene ring substituents is 1. The molecule has 1 N–H and O–H groups in total. The van der Waals surface area contributed by atoms with Gasteiger partial charge in [0.25, 0.3) is 5.69 Å². The van der Waals surface area contributed by atoms with Gasteiger partial charge in [0.1, 0.15) is 0 Å². The molecular formula is C10H8F3NO4. The molecule has 0 spiro atoms. The van der Waals surface area contributed by atoms with Crippen LogP contribution < -0.4 is 4.74 Å². The normalized spacial score (nSPS) is 11.1. The van der Waals surface area contributed by atoms with Crippen LogP contribution in [0.4, 0.5) is 18.9 Å². The fourth-order valence-electron chi connectivity index (χ4n) is 1.27. The monoisotopic (exact) mass is 263 g/mol. The number of aromatic hydroxyl groups is 1. The van der Waals surface area contributed by atoms with Gasteiger partial charge in [0.05, 0.1) is 11.0 Å². The maximum atomic E-state index is 12.0. The predicted molar refractivity (Wildman–Crippen MR) is 55.3 cm³/mol. The Labute approximate surface area is 99.3 Å². The number of phenols is 1. The summed E-state index contributed by atoms with van der Waals surface area (Å²) in [5.41, 5.74) is -0.678. The number of alkyl halides is 3. The summed E-state index contributed by atoms with van der Waals surface area (Å²) in [4.78, 5) is 9.67. The number of phenolic OH excluding ortho intramolecular Hbond substituents is 1. The van der Waals surface area contributed by atoms with E-state index in [9.17, 15) is 28.4 Å². The largest absolute Gasteiger partial charge is 0.573 e. The molecule has 0 fully saturated rings. The molecule has 0 aliphatic heterocycles. The molecule has 1 aromatic rings. The quantitative estimate of drug-likeness (QED) is 0.515. The van der Waals surface area contributed by atoms with Gasteiger partial charge in [0, 0.05) is 11.6 Å². The Morgan fingerprint density at radius 3 is 2.56 bits per heavy atom. The minimum absolute atomic E-state index is 0.0261. The minimum atomic E-state index is -5.04. The van der Waals surface area contributed by atoms with E-state index in [1.165, 1.54) is 6.08 Å². The molecule has 0 saturated heterocycles. The summed E-state index contributed by atoms with van der Waals surface area (Å²) in [6.07, 6.45) is -3.78. The molecule has 0 aliphatic carbocycles. The average molecular weight is 263 g/mol. The van der Waals surface area contributed by atoms with Gasteiger partial charge in [-0.1, -0.05) is 6.08 Å². The fourth-order valence-corrected chi connectivity index (χ4v) is 1.27. The summed E-state index contributed by atoms with van der Waals surface area (Å²) in [5, 5.41) is 20.0. The van der Waals surface area contributed by atoms with Crippen LogP contribution in [0.1, 0.15) is 5.56 Å². The Balaban J connectivity index is 3.30. The number of nitrogens with zero attached hydrogens (tertiary/aromatic N) is 1. The van der Waals surface area contributed by atoms with Crippen LogP contribution in [0, 0.1) is 10.1 Å². The van der Waals surface area contributed by atoms with Gasteiger partial charge < -0.3 is 9.84 Å². The maximum absolute atomic E-state index is 12.0. The van der Waals surface area contributed by atoms with E-state index in [1.54, 1.807) is 0 Å². The van der Waals surface area contributed by atoms with Crippen molar-refractivity contribution in [2.75, 3.05) is 0 Å². The first-order valence-electron chi connectivity index (χ1n) is 4.61. The Morgan fingerprint density at radius 1 is 1.50 bits per heavy atom. The SMILES string of the molecule is C=CCc1cc([N+](=O)[O-])cc(OC(F)(F)F)c1O. The first kappa shape index (κ1) is 13.8. The van der Waals surface area contributed by atoms with E-state index >= 15 is 0 Å². The first-order valence-corrected chi connectivity index (χ1v) is 4.61. The molecule has 1 rings (SSSR count). The van der Waals surface area contributed by atoms with Crippen LogP contribution in [0.5, 0.6) is 11.5 Å². The molecule has 0 saturated carbocycles. The Kier molecular flexibility index (Phi) is 3.79. The van der Waals surface area contributed by atoms with Crippen LogP contribution in [0.15, 0.2) is 24.8 Å². The summed E-state index contributed by atoms with van der Waals surface area (Å²) in [5.74, 6) is -1.80. The van der Waals surface area contributed by atoms with Gasteiger partial charge in [-0.15, -0.1) is 19.8 Å². The zero-order valence-electron chi connectivity index (χ0n) is 8.90. The smallest absolute Gasteiger partial charge is 0.504 e. The highest BCUT2D eigenvalue weighted by molar-refractivity contribution is 5.54. The number of hydrogen-bond donors (Lipinski definition) is 1. The number of allylic oxidation sites excluding steroid dienone is 1. The maximum Gasteiger partial charge on any atom is 0.573 e. The zero-order chi connectivity index (χ0) is 13.9. The van der Waals surface area contributed by atoms with Crippen LogP contribution in [-0.4, -0.2) is 16.4 Å². The predicted octanol–water partition coefficient (Wildman–Crippen LogP) is 2.93. The lowest BCUT2D eigenvalue weighted by atomic mass is 10.1. The summed E-state index contributed by atoms with van der Waals surface area (Å²) < 4.78 is 39.7. The Morgan fingerprint density at radius 2 is 2.11 bits per heavy atom. The van der Waals surface area contributed by atoms with Crippen molar-refractivity contribution in [2.24, 2.45) is 0 Å². The van der Waals surface area contributed by atoms with Crippen LogP contribution in [0.2, 0.25) is 0 Å². The molecule has 0 unspecified atom stereocenters. The highest BCUT2D eigenvalue weighted by Crippen LogP contribution is 2.38. The van der Waals surface area contributed by atoms with Crippen LogP contribution in [0.3, 0.4) is 0 Å². The molecule has 0 aliphatic rings. The molecule has 0 aromatic heterocycles. The molecule has 0 bridgehead atoms. The van der Waals surface area contributed by atoms with E-state index in [4.69, 9.17) is 0 Å². The Hall–Kier alpha value is -2.25. The number of benzene rings is 1. The summed E-state index contributed by atoms with van der Waals surface area (Å²) in [7, 11) is 0. The molecule has 18 heavy (non-hydrogen) atoms. The lowest BCUT2D eigenvalue weighted by Crippen LogP contribution is -2.17. The van der Waals surface area contributed by atoms with Gasteiger partial charge in [0.15, 0.2) is 11.5 Å². The van der Waals surface area contributed by atoms with Crippen molar-refractivity contribution in [3.8, 4) is 11.5 Å². The van der Waals surface area contributed by atoms with Gasteiger partial charge in [0.2, 0.25) is 0 Å². The van der Waals surface area contributed by atoms with Gasteiger partial charge in [-0.05, 0) is 6.42 Å². The van der Waals surface area contributed by atoms with Crippen molar-refractivity contribution in [3.63, 3.8) is 0 Å². The van der Waals surface area contributed by atoms with E-state index in [-0.39, 0.29) is 12.0 Å². The lowest BCUT2D eigenvalue weighted by Gasteiger charge is -2.12. The van der Waals surface area contributed by atoms with Crippen LogP contribution in [0.25, 0.3) is 0 Å². The van der Waals surface area contributed by atoms with E-state index in [1.807, 2.05) is 0 Å². The number of halogens is 3. The van der Waals surface area contributed by atoms with Gasteiger partial charge in [-0.25, -0.2) is 0 Å². The summed E-state index contributed by atoms with van der Waals surface area (Å²) >= 11 is 0. The molecule has 0 heterocycles. The second-order valence-electron chi connectivity index (χ2n) is 3.25. The number of hydrogen-bond acceptors (Lipinski definition) is 4. The number of ether oxygens (including phenoxy) is 1. The van der Waals surface area contributed by atoms with Gasteiger partial charge in [-0.3, -0.25) is 10.1 Å². The van der Waals surface area contributed by atoms with E-state index < -0.39 is 28.5 Å². The van der Waals surface area contributed by atoms with E-state index in [0.29, 0.717) is 6.07 Å².